The van der Waals surface area contributed by atoms with Crippen LogP contribution in [0.5, 0.6) is 0 Å². The molecule has 2 fully saturated rings. The molecule has 0 saturated heterocycles. The molecule has 21 heavy (non-hydrogen) atoms. The van der Waals surface area contributed by atoms with Crippen LogP contribution < -0.4 is 0 Å². The van der Waals surface area contributed by atoms with Crippen LogP contribution >= 0.6 is 0 Å². The zero-order chi connectivity index (χ0) is 16.1. The Morgan fingerprint density at radius 3 is 2.52 bits per heavy atom. The summed E-state index contributed by atoms with van der Waals surface area (Å²) in [7, 11) is -3.44. The van der Waals surface area contributed by atoms with Crippen LogP contribution in [-0.4, -0.2) is 32.5 Å². The minimum absolute atomic E-state index is 0.0396. The van der Waals surface area contributed by atoms with Crippen molar-refractivity contribution in [2.24, 2.45) is 22.7 Å². The average Bonchev–Trinajstić information content (AvgIpc) is 2.32. The third kappa shape index (κ3) is 3.06. The van der Waals surface area contributed by atoms with Crippen LogP contribution in [0.4, 0.5) is 0 Å². The van der Waals surface area contributed by atoms with Crippen molar-refractivity contribution >= 4 is 10.1 Å². The molecule has 2 aliphatic rings. The van der Waals surface area contributed by atoms with E-state index in [4.69, 9.17) is 4.18 Å². The minimum Gasteiger partial charge on any atom is -0.393 e. The van der Waals surface area contributed by atoms with E-state index in [-0.39, 0.29) is 29.5 Å². The second-order valence-corrected chi connectivity index (χ2v) is 9.32. The highest BCUT2D eigenvalue weighted by Crippen LogP contribution is 2.60. The zero-order valence-electron chi connectivity index (χ0n) is 13.6. The molecule has 2 rings (SSSR count). The van der Waals surface area contributed by atoms with Gasteiger partial charge in [0.25, 0.3) is 10.1 Å². The summed E-state index contributed by atoms with van der Waals surface area (Å²) >= 11 is 0. The van der Waals surface area contributed by atoms with Crippen LogP contribution in [0.1, 0.15) is 46.5 Å². The lowest BCUT2D eigenvalue weighted by molar-refractivity contribution is -0.128. The fourth-order valence-corrected chi connectivity index (χ4v) is 5.05. The number of fused-ring (bicyclic) bond motifs is 1. The van der Waals surface area contributed by atoms with Crippen LogP contribution in [0.15, 0.2) is 12.2 Å². The zero-order valence-corrected chi connectivity index (χ0v) is 14.4. The van der Waals surface area contributed by atoms with Gasteiger partial charge in [-0.2, -0.15) is 8.42 Å². The van der Waals surface area contributed by atoms with Crippen LogP contribution in [0, 0.1) is 22.7 Å². The first-order chi connectivity index (χ1) is 9.48. The summed E-state index contributed by atoms with van der Waals surface area (Å²) in [4.78, 5) is 0. The monoisotopic (exact) mass is 316 g/mol. The maximum atomic E-state index is 11.3. The van der Waals surface area contributed by atoms with Crippen LogP contribution in [0.25, 0.3) is 0 Å². The predicted molar refractivity (Wildman–Crippen MR) is 83.3 cm³/mol. The van der Waals surface area contributed by atoms with E-state index in [0.717, 1.165) is 37.5 Å². The molecule has 122 valence electrons. The van der Waals surface area contributed by atoms with Gasteiger partial charge in [-0.3, -0.25) is 4.18 Å². The highest BCUT2D eigenvalue weighted by atomic mass is 32.2. The second-order valence-electron chi connectivity index (χ2n) is 7.67. The van der Waals surface area contributed by atoms with E-state index >= 15 is 0 Å². The Balaban J connectivity index is 2.30. The largest absolute Gasteiger partial charge is 0.393 e. The van der Waals surface area contributed by atoms with E-state index in [1.165, 1.54) is 0 Å². The fourth-order valence-electron chi connectivity index (χ4n) is 4.66. The van der Waals surface area contributed by atoms with Crippen molar-refractivity contribution in [1.82, 2.24) is 0 Å². The molecule has 1 N–H and O–H groups in total. The highest BCUT2D eigenvalue weighted by molar-refractivity contribution is 7.85. The first-order valence-corrected chi connectivity index (χ1v) is 9.50. The molecule has 0 spiro atoms. The van der Waals surface area contributed by atoms with Gasteiger partial charge >= 0.3 is 0 Å². The van der Waals surface area contributed by atoms with E-state index in [1.807, 2.05) is 0 Å². The lowest BCUT2D eigenvalue weighted by Crippen LogP contribution is -2.55. The third-order valence-electron chi connectivity index (χ3n) is 6.00. The first-order valence-electron chi connectivity index (χ1n) is 7.68. The summed E-state index contributed by atoms with van der Waals surface area (Å²) in [5.74, 6) is 0.394. The van der Waals surface area contributed by atoms with Crippen molar-refractivity contribution in [2.45, 2.75) is 52.6 Å². The molecule has 0 aromatic heterocycles. The second kappa shape index (κ2) is 5.36. The van der Waals surface area contributed by atoms with Crippen molar-refractivity contribution < 1.29 is 17.7 Å². The van der Waals surface area contributed by atoms with E-state index in [9.17, 15) is 13.5 Å². The summed E-state index contributed by atoms with van der Waals surface area (Å²) in [5.41, 5.74) is 0.879. The Kier molecular flexibility index (Phi) is 4.33. The van der Waals surface area contributed by atoms with Gasteiger partial charge in [-0.1, -0.05) is 32.9 Å². The molecule has 0 heterocycles. The molecule has 0 bridgehead atoms. The minimum atomic E-state index is -3.44. The van der Waals surface area contributed by atoms with E-state index in [0.29, 0.717) is 5.92 Å². The van der Waals surface area contributed by atoms with Crippen molar-refractivity contribution in [3.63, 3.8) is 0 Å². The lowest BCUT2D eigenvalue weighted by Gasteiger charge is -2.59. The predicted octanol–water partition coefficient (Wildman–Crippen LogP) is 2.73. The molecule has 0 amide bonds. The molecular formula is C16H28O4S. The number of rotatable bonds is 3. The van der Waals surface area contributed by atoms with Gasteiger partial charge in [0.2, 0.25) is 0 Å². The standard InChI is InChI=1S/C16H28O4S/c1-11-6-7-13-15(2,3)14(17)8-9-16(13,4)12(11)10-20-21(5,18)19/h12-14,17H,1,6-10H2,2-5H3. The molecule has 0 radical (unpaired) electrons. The van der Waals surface area contributed by atoms with Crippen molar-refractivity contribution in [2.75, 3.05) is 12.9 Å². The Hall–Kier alpha value is -0.390. The summed E-state index contributed by atoms with van der Waals surface area (Å²) < 4.78 is 27.8. The van der Waals surface area contributed by atoms with Gasteiger partial charge in [0.1, 0.15) is 0 Å². The van der Waals surface area contributed by atoms with Crippen molar-refractivity contribution in [3.05, 3.63) is 12.2 Å². The SMILES string of the molecule is C=C1CCC2C(C)(C)C(O)CCC2(C)C1COS(C)(=O)=O. The maximum Gasteiger partial charge on any atom is 0.264 e. The number of aliphatic hydroxyl groups is 1. The number of aliphatic hydroxyl groups excluding tert-OH is 1. The molecule has 0 aromatic rings. The Labute approximate surface area is 128 Å². The van der Waals surface area contributed by atoms with E-state index in [2.05, 4.69) is 27.4 Å². The molecule has 5 heteroatoms. The molecule has 4 atom stereocenters. The quantitative estimate of drug-likeness (QED) is 0.642. The Morgan fingerprint density at radius 2 is 1.95 bits per heavy atom. The molecule has 2 saturated carbocycles. The van der Waals surface area contributed by atoms with Crippen molar-refractivity contribution in [3.8, 4) is 0 Å². The maximum absolute atomic E-state index is 11.3. The van der Waals surface area contributed by atoms with E-state index in [1.54, 1.807) is 0 Å². The smallest absolute Gasteiger partial charge is 0.264 e. The van der Waals surface area contributed by atoms with Crippen LogP contribution in [-0.2, 0) is 14.3 Å². The molecule has 0 aromatic carbocycles. The normalized spacial score (nSPS) is 39.9. The van der Waals surface area contributed by atoms with Gasteiger partial charge in [0.05, 0.1) is 19.0 Å². The van der Waals surface area contributed by atoms with E-state index < -0.39 is 10.1 Å². The molecule has 4 unspecified atom stereocenters. The fraction of sp³-hybridized carbons (Fsp3) is 0.875. The van der Waals surface area contributed by atoms with Gasteiger partial charge in [-0.25, -0.2) is 0 Å². The average molecular weight is 316 g/mol. The highest BCUT2D eigenvalue weighted by Gasteiger charge is 2.56. The lowest BCUT2D eigenvalue weighted by atomic mass is 9.47. The van der Waals surface area contributed by atoms with Gasteiger partial charge < -0.3 is 5.11 Å². The van der Waals surface area contributed by atoms with Crippen LogP contribution in [0.2, 0.25) is 0 Å². The van der Waals surface area contributed by atoms with Gasteiger partial charge in [0.15, 0.2) is 0 Å². The number of hydrogen-bond acceptors (Lipinski definition) is 4. The molecular weight excluding hydrogens is 288 g/mol. The summed E-state index contributed by atoms with van der Waals surface area (Å²) in [6.45, 7) is 10.8. The summed E-state index contributed by atoms with van der Waals surface area (Å²) in [6.07, 6.45) is 4.33. The Morgan fingerprint density at radius 1 is 1.33 bits per heavy atom. The van der Waals surface area contributed by atoms with Gasteiger partial charge in [0, 0.05) is 5.92 Å². The first kappa shape index (κ1) is 17.0. The van der Waals surface area contributed by atoms with Crippen LogP contribution in [0.3, 0.4) is 0 Å². The molecule has 2 aliphatic carbocycles. The summed E-state index contributed by atoms with van der Waals surface area (Å²) in [5, 5.41) is 10.4. The molecule has 0 aliphatic heterocycles. The van der Waals surface area contributed by atoms with Gasteiger partial charge in [-0.15, -0.1) is 0 Å². The summed E-state index contributed by atoms with van der Waals surface area (Å²) in [6, 6.07) is 0. The number of hydrogen-bond donors (Lipinski definition) is 1. The topological polar surface area (TPSA) is 63.6 Å². The van der Waals surface area contributed by atoms with Crippen molar-refractivity contribution in [1.29, 1.82) is 0 Å². The Bertz CT molecular complexity index is 522. The molecule has 4 nitrogen and oxygen atoms in total. The van der Waals surface area contributed by atoms with Gasteiger partial charge in [-0.05, 0) is 42.4 Å². The third-order valence-corrected chi connectivity index (χ3v) is 6.57.